The van der Waals surface area contributed by atoms with Crippen molar-refractivity contribution < 1.29 is 0 Å². The summed E-state index contributed by atoms with van der Waals surface area (Å²) in [6, 6.07) is 0. The number of hydrogen-bond acceptors (Lipinski definition) is 0. The zero-order valence-corrected chi connectivity index (χ0v) is 6.48. The number of rotatable bonds is 3. The summed E-state index contributed by atoms with van der Waals surface area (Å²) in [5.74, 6) is 0.877. The minimum atomic E-state index is 0.877. The molecule has 1 saturated carbocycles. The summed E-state index contributed by atoms with van der Waals surface area (Å²) in [7, 11) is 0. The molecule has 1 rings (SSSR count). The number of allylic oxidation sites excluding steroid dienone is 2. The van der Waals surface area contributed by atoms with Crippen molar-refractivity contribution in [2.75, 3.05) is 0 Å². The first-order chi connectivity index (χ1) is 4.36. The minimum Gasteiger partial charge on any atom is -0.0822 e. The van der Waals surface area contributed by atoms with Gasteiger partial charge in [-0.2, -0.15) is 0 Å². The molecule has 1 fully saturated rings. The van der Waals surface area contributed by atoms with Gasteiger partial charge in [0, 0.05) is 0 Å². The summed E-state index contributed by atoms with van der Waals surface area (Å²) in [4.78, 5) is 0. The Bertz CT molecular complexity index is 101. The monoisotopic (exact) mass is 124 g/mol. The Kier molecular flexibility index (Phi) is 2.32. The molecular weight excluding hydrogens is 108 g/mol. The fourth-order valence-corrected chi connectivity index (χ4v) is 1.10. The van der Waals surface area contributed by atoms with E-state index in [0.29, 0.717) is 0 Å². The van der Waals surface area contributed by atoms with E-state index in [9.17, 15) is 0 Å². The highest BCUT2D eigenvalue weighted by Gasteiger charge is 2.12. The minimum absolute atomic E-state index is 0.877. The van der Waals surface area contributed by atoms with E-state index >= 15 is 0 Å². The van der Waals surface area contributed by atoms with Crippen LogP contribution >= 0.6 is 0 Å². The molecule has 1 aliphatic rings. The highest BCUT2D eigenvalue weighted by Crippen LogP contribution is 2.30. The second-order valence-corrected chi connectivity index (χ2v) is 2.90. The third-order valence-electron chi connectivity index (χ3n) is 2.06. The van der Waals surface area contributed by atoms with E-state index in [1.807, 2.05) is 0 Å². The summed E-state index contributed by atoms with van der Waals surface area (Å²) < 4.78 is 0. The van der Waals surface area contributed by atoms with Gasteiger partial charge in [-0.1, -0.05) is 25.5 Å². The Morgan fingerprint density at radius 3 is 2.22 bits per heavy atom. The lowest BCUT2D eigenvalue weighted by Gasteiger charge is -2.03. The molecule has 0 radical (unpaired) electrons. The van der Waals surface area contributed by atoms with Gasteiger partial charge in [-0.25, -0.2) is 0 Å². The molecule has 1 aliphatic carbocycles. The van der Waals surface area contributed by atoms with Gasteiger partial charge in [-0.05, 0) is 31.6 Å². The first-order valence-corrected chi connectivity index (χ1v) is 4.06. The molecule has 9 heavy (non-hydrogen) atoms. The van der Waals surface area contributed by atoms with Crippen LogP contribution in [0.1, 0.15) is 39.5 Å². The molecule has 0 aromatic heterocycles. The third-order valence-corrected chi connectivity index (χ3v) is 2.06. The Morgan fingerprint density at radius 2 is 1.89 bits per heavy atom. The molecule has 0 atom stereocenters. The average Bonchev–Trinajstić information content (AvgIpc) is 2.66. The predicted octanol–water partition coefficient (Wildman–Crippen LogP) is 3.14. The Labute approximate surface area is 58.0 Å². The largest absolute Gasteiger partial charge is 0.0822 e. The lowest BCUT2D eigenvalue weighted by Crippen LogP contribution is -1.89. The van der Waals surface area contributed by atoms with Crippen LogP contribution in [0.5, 0.6) is 0 Å². The first-order valence-electron chi connectivity index (χ1n) is 4.06. The van der Waals surface area contributed by atoms with Crippen LogP contribution in [0, 0.1) is 5.92 Å². The predicted molar refractivity (Wildman–Crippen MR) is 41.4 cm³/mol. The lowest BCUT2D eigenvalue weighted by molar-refractivity contribution is 0.605. The molecule has 0 aromatic rings. The zero-order valence-electron chi connectivity index (χ0n) is 6.48. The molecule has 0 heterocycles. The molecule has 0 spiro atoms. The van der Waals surface area contributed by atoms with Crippen LogP contribution in [0.25, 0.3) is 0 Å². The molecule has 0 N–H and O–H groups in total. The van der Waals surface area contributed by atoms with E-state index in [0.717, 1.165) is 5.92 Å². The van der Waals surface area contributed by atoms with Gasteiger partial charge in [0.05, 0.1) is 0 Å². The van der Waals surface area contributed by atoms with Crippen LogP contribution in [0.4, 0.5) is 0 Å². The molecule has 0 saturated heterocycles. The van der Waals surface area contributed by atoms with Crippen molar-refractivity contribution in [3.8, 4) is 0 Å². The van der Waals surface area contributed by atoms with Crippen LogP contribution in [-0.2, 0) is 0 Å². The molecule has 0 aromatic carbocycles. The standard InChI is InChI=1S/C9H16/c1-3-8(4-2)7-9-5-6-9/h7-8H,3-6H2,1-2H3. The maximum Gasteiger partial charge on any atom is -0.0236 e. The fourth-order valence-electron chi connectivity index (χ4n) is 1.10. The third kappa shape index (κ3) is 2.21. The van der Waals surface area contributed by atoms with Crippen molar-refractivity contribution in [2.45, 2.75) is 39.5 Å². The lowest BCUT2D eigenvalue weighted by atomic mass is 10.0. The van der Waals surface area contributed by atoms with E-state index < -0.39 is 0 Å². The summed E-state index contributed by atoms with van der Waals surface area (Å²) in [6.07, 6.45) is 7.88. The molecular formula is C9H16. The summed E-state index contributed by atoms with van der Waals surface area (Å²) in [5.41, 5.74) is 1.70. The van der Waals surface area contributed by atoms with Crippen molar-refractivity contribution >= 4 is 0 Å². The van der Waals surface area contributed by atoms with Crippen LogP contribution in [0.3, 0.4) is 0 Å². The highest BCUT2D eigenvalue weighted by molar-refractivity contribution is 5.17. The van der Waals surface area contributed by atoms with Gasteiger partial charge < -0.3 is 0 Å². The second-order valence-electron chi connectivity index (χ2n) is 2.90. The molecule has 0 amide bonds. The van der Waals surface area contributed by atoms with Crippen LogP contribution in [0.15, 0.2) is 11.6 Å². The maximum absolute atomic E-state index is 2.47. The van der Waals surface area contributed by atoms with E-state index in [1.165, 1.54) is 25.7 Å². The maximum atomic E-state index is 2.47. The van der Waals surface area contributed by atoms with Gasteiger partial charge in [-0.3, -0.25) is 0 Å². The second kappa shape index (κ2) is 3.05. The summed E-state index contributed by atoms with van der Waals surface area (Å²) >= 11 is 0. The van der Waals surface area contributed by atoms with Gasteiger partial charge in [0.25, 0.3) is 0 Å². The summed E-state index contributed by atoms with van der Waals surface area (Å²) in [5, 5.41) is 0. The Hall–Kier alpha value is -0.260. The quantitative estimate of drug-likeness (QED) is 0.507. The van der Waals surface area contributed by atoms with Crippen LogP contribution in [-0.4, -0.2) is 0 Å². The molecule has 52 valence electrons. The van der Waals surface area contributed by atoms with Crippen molar-refractivity contribution in [1.82, 2.24) is 0 Å². The van der Waals surface area contributed by atoms with Gasteiger partial charge in [0.2, 0.25) is 0 Å². The smallest absolute Gasteiger partial charge is 0.0236 e. The number of hydrogen-bond donors (Lipinski definition) is 0. The topological polar surface area (TPSA) is 0 Å². The van der Waals surface area contributed by atoms with E-state index in [-0.39, 0.29) is 0 Å². The van der Waals surface area contributed by atoms with Crippen LogP contribution < -0.4 is 0 Å². The van der Waals surface area contributed by atoms with Gasteiger partial charge in [0.1, 0.15) is 0 Å². The van der Waals surface area contributed by atoms with E-state index in [1.54, 1.807) is 5.57 Å². The van der Waals surface area contributed by atoms with Crippen molar-refractivity contribution in [2.24, 2.45) is 5.92 Å². The van der Waals surface area contributed by atoms with Gasteiger partial charge >= 0.3 is 0 Å². The average molecular weight is 124 g/mol. The van der Waals surface area contributed by atoms with Crippen LogP contribution in [0.2, 0.25) is 0 Å². The van der Waals surface area contributed by atoms with Gasteiger partial charge in [-0.15, -0.1) is 0 Å². The van der Waals surface area contributed by atoms with Crippen molar-refractivity contribution in [3.05, 3.63) is 11.6 Å². The molecule has 0 unspecified atom stereocenters. The first kappa shape index (κ1) is 6.85. The normalized spacial score (nSPS) is 16.6. The Morgan fingerprint density at radius 1 is 1.33 bits per heavy atom. The van der Waals surface area contributed by atoms with Crippen molar-refractivity contribution in [3.63, 3.8) is 0 Å². The van der Waals surface area contributed by atoms with E-state index in [2.05, 4.69) is 19.9 Å². The molecule has 0 bridgehead atoms. The summed E-state index contributed by atoms with van der Waals surface area (Å²) in [6.45, 7) is 4.54. The van der Waals surface area contributed by atoms with Gasteiger partial charge in [0.15, 0.2) is 0 Å². The fraction of sp³-hybridized carbons (Fsp3) is 0.778. The SMILES string of the molecule is CCC(C=C1CC1)CC. The Balaban J connectivity index is 2.29. The van der Waals surface area contributed by atoms with E-state index in [4.69, 9.17) is 0 Å². The van der Waals surface area contributed by atoms with Crippen molar-refractivity contribution in [1.29, 1.82) is 0 Å². The highest BCUT2D eigenvalue weighted by atomic mass is 14.2. The molecule has 0 aliphatic heterocycles. The molecule has 0 nitrogen and oxygen atoms in total. The molecule has 0 heteroatoms. The zero-order chi connectivity index (χ0) is 6.69.